The number of hydrogen-bond acceptors (Lipinski definition) is 5. The standard InChI is InChI=1S/C13H12ClN3O2/c1-19-8-2-3-11(15)9(5-8)12(18)10-4-7(14)6-17-13(10)16/h2-6H,15H2,1H3,(H2,16,17). The number of nitrogens with zero attached hydrogens (tertiary/aromatic N) is 1. The summed E-state index contributed by atoms with van der Waals surface area (Å²) >= 11 is 5.82. The number of carbonyl (C=O) groups is 1. The average molecular weight is 278 g/mol. The summed E-state index contributed by atoms with van der Waals surface area (Å²) in [5.74, 6) is 0.298. The minimum atomic E-state index is -0.344. The fourth-order valence-electron chi connectivity index (χ4n) is 1.64. The Bertz CT molecular complexity index is 644. The first-order valence-corrected chi connectivity index (χ1v) is 5.80. The van der Waals surface area contributed by atoms with Crippen LogP contribution in [0.1, 0.15) is 15.9 Å². The number of anilines is 2. The molecule has 0 saturated carbocycles. The van der Waals surface area contributed by atoms with Crippen LogP contribution in [-0.2, 0) is 0 Å². The minimum absolute atomic E-state index is 0.108. The van der Waals surface area contributed by atoms with Crippen LogP contribution in [0.25, 0.3) is 0 Å². The second-order valence-corrected chi connectivity index (χ2v) is 4.31. The van der Waals surface area contributed by atoms with E-state index in [0.717, 1.165) is 0 Å². The topological polar surface area (TPSA) is 91.2 Å². The van der Waals surface area contributed by atoms with E-state index >= 15 is 0 Å². The molecule has 0 fully saturated rings. The van der Waals surface area contributed by atoms with Crippen molar-refractivity contribution in [2.75, 3.05) is 18.6 Å². The molecule has 0 radical (unpaired) electrons. The normalized spacial score (nSPS) is 10.2. The maximum atomic E-state index is 12.4. The highest BCUT2D eigenvalue weighted by atomic mass is 35.5. The number of ether oxygens (including phenoxy) is 1. The summed E-state index contributed by atoms with van der Waals surface area (Å²) in [6, 6.07) is 6.29. The van der Waals surface area contributed by atoms with Gasteiger partial charge >= 0.3 is 0 Å². The molecular weight excluding hydrogens is 266 g/mol. The zero-order valence-corrected chi connectivity index (χ0v) is 10.9. The zero-order valence-electron chi connectivity index (χ0n) is 10.2. The lowest BCUT2D eigenvalue weighted by Crippen LogP contribution is -2.09. The summed E-state index contributed by atoms with van der Waals surface area (Å²) < 4.78 is 5.07. The Labute approximate surface area is 115 Å². The Hall–Kier alpha value is -2.27. The van der Waals surface area contributed by atoms with Crippen LogP contribution in [-0.4, -0.2) is 17.9 Å². The number of halogens is 1. The molecule has 2 rings (SSSR count). The third-order valence-corrected chi connectivity index (χ3v) is 2.84. The molecular formula is C13H12ClN3O2. The van der Waals surface area contributed by atoms with E-state index in [-0.39, 0.29) is 17.2 Å². The van der Waals surface area contributed by atoms with Crippen LogP contribution >= 0.6 is 11.6 Å². The highest BCUT2D eigenvalue weighted by molar-refractivity contribution is 6.31. The molecule has 19 heavy (non-hydrogen) atoms. The highest BCUT2D eigenvalue weighted by Gasteiger charge is 2.17. The predicted molar refractivity (Wildman–Crippen MR) is 74.5 cm³/mol. The van der Waals surface area contributed by atoms with E-state index in [1.165, 1.54) is 19.4 Å². The number of hydrogen-bond donors (Lipinski definition) is 2. The van der Waals surface area contributed by atoms with E-state index in [1.54, 1.807) is 18.2 Å². The number of pyridine rings is 1. The number of benzene rings is 1. The van der Waals surface area contributed by atoms with E-state index in [4.69, 9.17) is 27.8 Å². The van der Waals surface area contributed by atoms with Crippen molar-refractivity contribution in [3.8, 4) is 5.75 Å². The van der Waals surface area contributed by atoms with Gasteiger partial charge in [0.15, 0.2) is 5.78 Å². The van der Waals surface area contributed by atoms with Gasteiger partial charge in [-0.25, -0.2) is 4.98 Å². The van der Waals surface area contributed by atoms with E-state index < -0.39 is 0 Å². The van der Waals surface area contributed by atoms with Gasteiger partial charge in [-0.3, -0.25) is 4.79 Å². The van der Waals surface area contributed by atoms with Crippen molar-refractivity contribution in [1.29, 1.82) is 0 Å². The van der Waals surface area contributed by atoms with Crippen molar-refractivity contribution in [3.05, 3.63) is 46.6 Å². The maximum absolute atomic E-state index is 12.4. The molecule has 5 nitrogen and oxygen atoms in total. The molecule has 98 valence electrons. The number of aromatic nitrogens is 1. The Morgan fingerprint density at radius 1 is 1.26 bits per heavy atom. The first-order valence-electron chi connectivity index (χ1n) is 5.42. The number of rotatable bonds is 3. The molecule has 2 aromatic rings. The zero-order chi connectivity index (χ0) is 14.0. The summed E-state index contributed by atoms with van der Waals surface area (Å²) in [6.45, 7) is 0. The molecule has 0 unspecified atom stereocenters. The summed E-state index contributed by atoms with van der Waals surface area (Å²) in [6.07, 6.45) is 1.38. The minimum Gasteiger partial charge on any atom is -0.497 e. The van der Waals surface area contributed by atoms with Gasteiger partial charge in [0, 0.05) is 17.4 Å². The number of nitrogen functional groups attached to an aromatic ring is 2. The average Bonchev–Trinajstić information content (AvgIpc) is 2.41. The van der Waals surface area contributed by atoms with Gasteiger partial charge in [0.1, 0.15) is 11.6 Å². The largest absolute Gasteiger partial charge is 0.497 e. The van der Waals surface area contributed by atoms with Gasteiger partial charge in [-0.15, -0.1) is 0 Å². The van der Waals surface area contributed by atoms with Crippen LogP contribution in [0.4, 0.5) is 11.5 Å². The van der Waals surface area contributed by atoms with Gasteiger partial charge in [-0.1, -0.05) is 11.6 Å². The van der Waals surface area contributed by atoms with Crippen molar-refractivity contribution in [3.63, 3.8) is 0 Å². The maximum Gasteiger partial charge on any atom is 0.198 e. The molecule has 0 amide bonds. The predicted octanol–water partition coefficient (Wildman–Crippen LogP) is 2.14. The van der Waals surface area contributed by atoms with Gasteiger partial charge in [0.05, 0.1) is 17.7 Å². The summed E-state index contributed by atoms with van der Waals surface area (Å²) in [5.41, 5.74) is 12.3. The number of carbonyl (C=O) groups excluding carboxylic acids is 1. The Balaban J connectivity index is 2.52. The molecule has 0 saturated heterocycles. The second-order valence-electron chi connectivity index (χ2n) is 3.87. The lowest BCUT2D eigenvalue weighted by molar-refractivity contribution is 0.104. The van der Waals surface area contributed by atoms with E-state index in [0.29, 0.717) is 22.0 Å². The molecule has 0 bridgehead atoms. The molecule has 1 aromatic carbocycles. The molecule has 0 aliphatic carbocycles. The second kappa shape index (κ2) is 5.16. The van der Waals surface area contributed by atoms with Gasteiger partial charge in [-0.05, 0) is 24.3 Å². The third-order valence-electron chi connectivity index (χ3n) is 2.63. The van der Waals surface area contributed by atoms with E-state index in [2.05, 4.69) is 4.98 Å². The van der Waals surface area contributed by atoms with Crippen LogP contribution in [0, 0.1) is 0 Å². The first-order chi connectivity index (χ1) is 9.02. The summed E-state index contributed by atoms with van der Waals surface area (Å²) in [7, 11) is 1.51. The highest BCUT2D eigenvalue weighted by Crippen LogP contribution is 2.25. The summed E-state index contributed by atoms with van der Waals surface area (Å²) in [5, 5.41) is 0.332. The fraction of sp³-hybridized carbons (Fsp3) is 0.0769. The molecule has 1 heterocycles. The molecule has 0 atom stereocenters. The van der Waals surface area contributed by atoms with Crippen LogP contribution < -0.4 is 16.2 Å². The molecule has 0 aliphatic heterocycles. The van der Waals surface area contributed by atoms with Crippen LogP contribution in [0.5, 0.6) is 5.75 Å². The fourth-order valence-corrected chi connectivity index (χ4v) is 1.79. The molecule has 0 aliphatic rings. The van der Waals surface area contributed by atoms with Crippen LogP contribution in [0.3, 0.4) is 0 Å². The lowest BCUT2D eigenvalue weighted by atomic mass is 10.0. The SMILES string of the molecule is COc1ccc(N)c(C(=O)c2cc(Cl)cnc2N)c1. The molecule has 0 spiro atoms. The van der Waals surface area contributed by atoms with Crippen molar-refractivity contribution in [2.24, 2.45) is 0 Å². The number of methoxy groups -OCH3 is 1. The molecule has 4 N–H and O–H groups in total. The van der Waals surface area contributed by atoms with Gasteiger partial charge in [-0.2, -0.15) is 0 Å². The van der Waals surface area contributed by atoms with Crippen molar-refractivity contribution in [2.45, 2.75) is 0 Å². The van der Waals surface area contributed by atoms with Crippen LogP contribution in [0.15, 0.2) is 30.5 Å². The van der Waals surface area contributed by atoms with Gasteiger partial charge < -0.3 is 16.2 Å². The quantitative estimate of drug-likeness (QED) is 0.662. The summed E-state index contributed by atoms with van der Waals surface area (Å²) in [4.78, 5) is 16.2. The van der Waals surface area contributed by atoms with Crippen molar-refractivity contribution in [1.82, 2.24) is 4.98 Å². The van der Waals surface area contributed by atoms with Crippen molar-refractivity contribution >= 4 is 28.9 Å². The Kier molecular flexibility index (Phi) is 3.57. The van der Waals surface area contributed by atoms with Gasteiger partial charge in [0.2, 0.25) is 0 Å². The van der Waals surface area contributed by atoms with Crippen molar-refractivity contribution < 1.29 is 9.53 Å². The third kappa shape index (κ3) is 2.61. The Morgan fingerprint density at radius 3 is 2.68 bits per heavy atom. The number of nitrogens with two attached hydrogens (primary N) is 2. The molecule has 6 heteroatoms. The van der Waals surface area contributed by atoms with Gasteiger partial charge in [0.25, 0.3) is 0 Å². The Morgan fingerprint density at radius 2 is 2.00 bits per heavy atom. The molecule has 1 aromatic heterocycles. The lowest BCUT2D eigenvalue weighted by Gasteiger charge is -2.09. The van der Waals surface area contributed by atoms with E-state index in [1.807, 2.05) is 0 Å². The van der Waals surface area contributed by atoms with Crippen LogP contribution in [0.2, 0.25) is 5.02 Å². The number of ketones is 1. The smallest absolute Gasteiger partial charge is 0.198 e. The first kappa shape index (κ1) is 13.2. The van der Waals surface area contributed by atoms with E-state index in [9.17, 15) is 4.79 Å². The monoisotopic (exact) mass is 277 g/mol.